The second-order valence-corrected chi connectivity index (χ2v) is 5.64. The Kier molecular flexibility index (Phi) is 6.47. The SMILES string of the molecule is CCC(NCCSC)=C1C(=O)CC(CC)CC1=O. The van der Waals surface area contributed by atoms with Gasteiger partial charge in [0.1, 0.15) is 0 Å². The van der Waals surface area contributed by atoms with E-state index in [9.17, 15) is 9.59 Å². The van der Waals surface area contributed by atoms with Crippen LogP contribution in [0.1, 0.15) is 39.5 Å². The Morgan fingerprint density at radius 2 is 1.89 bits per heavy atom. The molecule has 0 aromatic carbocycles. The highest BCUT2D eigenvalue weighted by Crippen LogP contribution is 2.27. The molecule has 3 nitrogen and oxygen atoms in total. The molecule has 1 saturated carbocycles. The van der Waals surface area contributed by atoms with E-state index in [1.165, 1.54) is 0 Å². The van der Waals surface area contributed by atoms with Crippen molar-refractivity contribution in [1.29, 1.82) is 0 Å². The van der Waals surface area contributed by atoms with Crippen molar-refractivity contribution in [3.8, 4) is 0 Å². The maximum absolute atomic E-state index is 12.1. The number of hydrogen-bond donors (Lipinski definition) is 1. The van der Waals surface area contributed by atoms with E-state index >= 15 is 0 Å². The fourth-order valence-electron chi connectivity index (χ4n) is 2.28. The van der Waals surface area contributed by atoms with E-state index in [1.807, 2.05) is 20.1 Å². The Bertz CT molecular complexity index is 330. The summed E-state index contributed by atoms with van der Waals surface area (Å²) in [4.78, 5) is 24.2. The summed E-state index contributed by atoms with van der Waals surface area (Å²) in [6, 6.07) is 0. The summed E-state index contributed by atoms with van der Waals surface area (Å²) < 4.78 is 0. The Labute approximate surface area is 114 Å². The van der Waals surface area contributed by atoms with Gasteiger partial charge in [0.25, 0.3) is 0 Å². The highest BCUT2D eigenvalue weighted by atomic mass is 32.2. The number of thioether (sulfide) groups is 1. The summed E-state index contributed by atoms with van der Waals surface area (Å²) >= 11 is 1.75. The predicted octanol–water partition coefficient (Wildman–Crippen LogP) is 2.56. The molecule has 0 aromatic rings. The Hall–Kier alpha value is -0.770. The molecule has 102 valence electrons. The highest BCUT2D eigenvalue weighted by molar-refractivity contribution is 7.98. The van der Waals surface area contributed by atoms with Crippen LogP contribution < -0.4 is 5.32 Å². The molecule has 1 N–H and O–H groups in total. The van der Waals surface area contributed by atoms with Gasteiger partial charge in [-0.05, 0) is 18.6 Å². The van der Waals surface area contributed by atoms with Gasteiger partial charge in [-0.1, -0.05) is 20.3 Å². The maximum atomic E-state index is 12.1. The molecule has 0 heterocycles. The molecule has 0 bridgehead atoms. The lowest BCUT2D eigenvalue weighted by atomic mass is 9.81. The van der Waals surface area contributed by atoms with Gasteiger partial charge in [-0.15, -0.1) is 0 Å². The molecule has 4 heteroatoms. The fraction of sp³-hybridized carbons (Fsp3) is 0.714. The van der Waals surface area contributed by atoms with Gasteiger partial charge in [-0.2, -0.15) is 11.8 Å². The smallest absolute Gasteiger partial charge is 0.168 e. The number of Topliss-reactive ketones (excluding diaryl/α,β-unsaturated/α-hetero) is 2. The zero-order valence-corrected chi connectivity index (χ0v) is 12.4. The molecule has 0 spiro atoms. The van der Waals surface area contributed by atoms with Crippen LogP contribution in [0, 0.1) is 5.92 Å². The average molecular weight is 269 g/mol. The standard InChI is InChI=1S/C14H23NO2S/c1-4-10-8-12(16)14(13(17)9-10)11(5-2)15-6-7-18-3/h10,15H,4-9H2,1-3H3. The van der Waals surface area contributed by atoms with Crippen LogP contribution in [0.2, 0.25) is 0 Å². The molecule has 0 unspecified atom stereocenters. The van der Waals surface area contributed by atoms with E-state index < -0.39 is 0 Å². The van der Waals surface area contributed by atoms with Crippen molar-refractivity contribution in [2.24, 2.45) is 5.92 Å². The number of hydrogen-bond acceptors (Lipinski definition) is 4. The Balaban J connectivity index is 2.82. The van der Waals surface area contributed by atoms with E-state index in [-0.39, 0.29) is 17.5 Å². The molecule has 0 aliphatic heterocycles. The number of carbonyl (C=O) groups is 2. The second-order valence-electron chi connectivity index (χ2n) is 4.66. The van der Waals surface area contributed by atoms with E-state index in [0.717, 1.165) is 30.8 Å². The summed E-state index contributed by atoms with van der Waals surface area (Å²) in [5.41, 5.74) is 1.29. The van der Waals surface area contributed by atoms with Gasteiger partial charge >= 0.3 is 0 Å². The lowest BCUT2D eigenvalue weighted by Gasteiger charge is -2.23. The van der Waals surface area contributed by atoms with Gasteiger partial charge in [-0.25, -0.2) is 0 Å². The van der Waals surface area contributed by atoms with Gasteiger partial charge in [0, 0.05) is 30.8 Å². The van der Waals surface area contributed by atoms with Crippen molar-refractivity contribution in [3.05, 3.63) is 11.3 Å². The van der Waals surface area contributed by atoms with Crippen molar-refractivity contribution in [2.75, 3.05) is 18.6 Å². The summed E-state index contributed by atoms with van der Waals surface area (Å²) in [7, 11) is 0. The molecule has 0 amide bonds. The molecule has 18 heavy (non-hydrogen) atoms. The number of rotatable bonds is 6. The van der Waals surface area contributed by atoms with E-state index in [4.69, 9.17) is 0 Å². The largest absolute Gasteiger partial charge is 0.387 e. The summed E-state index contributed by atoms with van der Waals surface area (Å²) in [6.07, 6.45) is 4.74. The quantitative estimate of drug-likeness (QED) is 0.457. The van der Waals surface area contributed by atoms with Gasteiger partial charge in [0.05, 0.1) is 5.57 Å². The van der Waals surface area contributed by atoms with Crippen LogP contribution in [0.4, 0.5) is 0 Å². The van der Waals surface area contributed by atoms with Crippen LogP contribution in [0.25, 0.3) is 0 Å². The molecule has 1 aliphatic rings. The average Bonchev–Trinajstić information content (AvgIpc) is 2.35. The minimum Gasteiger partial charge on any atom is -0.387 e. The molecule has 1 fully saturated rings. The minimum atomic E-state index is 0.0339. The summed E-state index contributed by atoms with van der Waals surface area (Å²) in [6.45, 7) is 4.84. The first-order valence-corrected chi connectivity index (χ1v) is 8.05. The molecular formula is C14H23NO2S. The zero-order chi connectivity index (χ0) is 13.5. The van der Waals surface area contributed by atoms with Crippen LogP contribution in [-0.2, 0) is 9.59 Å². The number of nitrogens with one attached hydrogen (secondary N) is 1. The normalized spacial score (nSPS) is 20.2. The predicted molar refractivity (Wildman–Crippen MR) is 76.7 cm³/mol. The van der Waals surface area contributed by atoms with Crippen LogP contribution in [0.15, 0.2) is 11.3 Å². The topological polar surface area (TPSA) is 46.2 Å². The van der Waals surface area contributed by atoms with Crippen molar-refractivity contribution in [2.45, 2.75) is 39.5 Å². The summed E-state index contributed by atoms with van der Waals surface area (Å²) in [5.74, 6) is 1.30. The molecule has 0 aromatic heterocycles. The molecule has 0 radical (unpaired) electrons. The number of ketones is 2. The lowest BCUT2D eigenvalue weighted by molar-refractivity contribution is -0.125. The van der Waals surface area contributed by atoms with Crippen LogP contribution in [0.5, 0.6) is 0 Å². The van der Waals surface area contributed by atoms with Crippen molar-refractivity contribution in [1.82, 2.24) is 5.32 Å². The number of allylic oxidation sites excluding steroid dienone is 2. The van der Waals surface area contributed by atoms with E-state index in [1.54, 1.807) is 11.8 Å². The van der Waals surface area contributed by atoms with E-state index in [0.29, 0.717) is 18.4 Å². The van der Waals surface area contributed by atoms with Gasteiger partial charge in [0.15, 0.2) is 11.6 Å². The fourth-order valence-corrected chi connectivity index (χ4v) is 2.58. The van der Waals surface area contributed by atoms with Gasteiger partial charge < -0.3 is 5.32 Å². The number of carbonyl (C=O) groups excluding carboxylic acids is 2. The van der Waals surface area contributed by atoms with Gasteiger partial charge in [-0.3, -0.25) is 9.59 Å². The molecular weight excluding hydrogens is 246 g/mol. The van der Waals surface area contributed by atoms with Crippen molar-refractivity contribution in [3.63, 3.8) is 0 Å². The van der Waals surface area contributed by atoms with Crippen LogP contribution >= 0.6 is 11.8 Å². The van der Waals surface area contributed by atoms with Crippen molar-refractivity contribution < 1.29 is 9.59 Å². The van der Waals surface area contributed by atoms with Crippen LogP contribution in [-0.4, -0.2) is 30.1 Å². The minimum absolute atomic E-state index is 0.0339. The Morgan fingerprint density at radius 1 is 1.28 bits per heavy atom. The monoisotopic (exact) mass is 269 g/mol. The lowest BCUT2D eigenvalue weighted by Crippen LogP contribution is -2.30. The summed E-state index contributed by atoms with van der Waals surface area (Å²) in [5, 5.41) is 3.25. The Morgan fingerprint density at radius 3 is 2.33 bits per heavy atom. The second kappa shape index (κ2) is 7.62. The van der Waals surface area contributed by atoms with Gasteiger partial charge in [0.2, 0.25) is 0 Å². The molecule has 1 aliphatic carbocycles. The third-order valence-corrected chi connectivity index (χ3v) is 4.00. The third-order valence-electron chi connectivity index (χ3n) is 3.38. The third kappa shape index (κ3) is 3.87. The first-order chi connectivity index (χ1) is 8.63. The molecule has 1 rings (SSSR count). The first kappa shape index (κ1) is 15.3. The first-order valence-electron chi connectivity index (χ1n) is 6.66. The van der Waals surface area contributed by atoms with Crippen LogP contribution in [0.3, 0.4) is 0 Å². The maximum Gasteiger partial charge on any atom is 0.168 e. The zero-order valence-electron chi connectivity index (χ0n) is 11.5. The molecule has 0 atom stereocenters. The van der Waals surface area contributed by atoms with E-state index in [2.05, 4.69) is 5.32 Å². The van der Waals surface area contributed by atoms with Crippen molar-refractivity contribution >= 4 is 23.3 Å². The molecule has 0 saturated heterocycles. The highest BCUT2D eigenvalue weighted by Gasteiger charge is 2.31.